The fraction of sp³-hybridized carbons (Fsp3) is 0.100. The van der Waals surface area contributed by atoms with E-state index in [2.05, 4.69) is 4.98 Å². The summed E-state index contributed by atoms with van der Waals surface area (Å²) in [4.78, 5) is 4.15. The molecule has 0 atom stereocenters. The normalized spacial score (nSPS) is 10.6. The van der Waals surface area contributed by atoms with Gasteiger partial charge in [-0.2, -0.15) is 0 Å². The van der Waals surface area contributed by atoms with Gasteiger partial charge in [0.05, 0.1) is 12.1 Å². The lowest BCUT2D eigenvalue weighted by Gasteiger charge is -2.02. The first-order valence-electron chi connectivity index (χ1n) is 3.95. The summed E-state index contributed by atoms with van der Waals surface area (Å²) >= 11 is 5.90. The molecule has 0 aliphatic rings. The first-order valence-corrected chi connectivity index (χ1v) is 4.33. The first-order chi connectivity index (χ1) is 6.31. The number of hydrogen-bond donors (Lipinski definition) is 1. The smallest absolute Gasteiger partial charge is 0.0716 e. The van der Waals surface area contributed by atoms with Crippen molar-refractivity contribution in [2.24, 2.45) is 0 Å². The minimum absolute atomic E-state index is 0.0380. The van der Waals surface area contributed by atoms with Crippen molar-refractivity contribution in [1.29, 1.82) is 0 Å². The number of fused-ring (bicyclic) bond motifs is 1. The molecule has 0 amide bonds. The lowest BCUT2D eigenvalue weighted by molar-refractivity contribution is 0.282. The van der Waals surface area contributed by atoms with Crippen molar-refractivity contribution >= 4 is 22.5 Å². The molecule has 0 saturated carbocycles. The molecule has 0 fully saturated rings. The molecular formula is C10H8ClNO. The van der Waals surface area contributed by atoms with Crippen LogP contribution in [0.25, 0.3) is 10.9 Å². The molecule has 0 aliphatic carbocycles. The SMILES string of the molecule is OCc1cc2cccnc2cc1Cl. The predicted octanol–water partition coefficient (Wildman–Crippen LogP) is 2.38. The van der Waals surface area contributed by atoms with Gasteiger partial charge in [0, 0.05) is 16.6 Å². The highest BCUT2D eigenvalue weighted by Crippen LogP contribution is 2.22. The molecule has 1 N–H and O–H groups in total. The van der Waals surface area contributed by atoms with Crippen molar-refractivity contribution in [3.63, 3.8) is 0 Å². The fourth-order valence-electron chi connectivity index (χ4n) is 1.26. The fourth-order valence-corrected chi connectivity index (χ4v) is 1.48. The van der Waals surface area contributed by atoms with E-state index in [1.807, 2.05) is 18.2 Å². The second-order valence-electron chi connectivity index (χ2n) is 2.80. The van der Waals surface area contributed by atoms with E-state index in [0.29, 0.717) is 5.02 Å². The van der Waals surface area contributed by atoms with Crippen LogP contribution < -0.4 is 0 Å². The third kappa shape index (κ3) is 1.50. The largest absolute Gasteiger partial charge is 0.392 e. The summed E-state index contributed by atoms with van der Waals surface area (Å²) in [5, 5.41) is 10.5. The van der Waals surface area contributed by atoms with Crippen LogP contribution in [0, 0.1) is 0 Å². The van der Waals surface area contributed by atoms with Gasteiger partial charge in [0.1, 0.15) is 0 Å². The highest BCUT2D eigenvalue weighted by atomic mass is 35.5. The number of aliphatic hydroxyl groups excluding tert-OH is 1. The molecule has 0 radical (unpaired) electrons. The number of nitrogens with zero attached hydrogens (tertiary/aromatic N) is 1. The van der Waals surface area contributed by atoms with Crippen molar-refractivity contribution in [1.82, 2.24) is 4.98 Å². The summed E-state index contributed by atoms with van der Waals surface area (Å²) in [6.07, 6.45) is 1.72. The van der Waals surface area contributed by atoms with E-state index in [4.69, 9.17) is 16.7 Å². The van der Waals surface area contributed by atoms with E-state index in [9.17, 15) is 0 Å². The Labute approximate surface area is 80.8 Å². The van der Waals surface area contributed by atoms with E-state index in [1.165, 1.54) is 0 Å². The molecule has 1 aromatic heterocycles. The average molecular weight is 194 g/mol. The zero-order valence-corrected chi connectivity index (χ0v) is 7.62. The molecule has 2 rings (SSSR count). The molecule has 0 saturated heterocycles. The van der Waals surface area contributed by atoms with Crippen LogP contribution in [0.4, 0.5) is 0 Å². The average Bonchev–Trinajstić information content (AvgIpc) is 2.17. The van der Waals surface area contributed by atoms with E-state index in [1.54, 1.807) is 12.3 Å². The quantitative estimate of drug-likeness (QED) is 0.755. The number of aliphatic hydroxyl groups is 1. The Hall–Kier alpha value is -1.12. The lowest BCUT2D eigenvalue weighted by Crippen LogP contribution is -1.86. The topological polar surface area (TPSA) is 33.1 Å². The summed E-state index contributed by atoms with van der Waals surface area (Å²) in [5.41, 5.74) is 1.59. The molecule has 2 nitrogen and oxygen atoms in total. The van der Waals surface area contributed by atoms with Gasteiger partial charge >= 0.3 is 0 Å². The number of pyridine rings is 1. The first kappa shape index (κ1) is 8.48. The summed E-state index contributed by atoms with van der Waals surface area (Å²) in [6.45, 7) is -0.0380. The van der Waals surface area contributed by atoms with Gasteiger partial charge in [0.25, 0.3) is 0 Å². The summed E-state index contributed by atoms with van der Waals surface area (Å²) in [7, 11) is 0. The standard InChI is InChI=1S/C10H8ClNO/c11-9-5-10-7(2-1-3-12-10)4-8(9)6-13/h1-5,13H,6H2. The van der Waals surface area contributed by atoms with Crippen LogP contribution in [0.3, 0.4) is 0 Å². The minimum atomic E-state index is -0.0380. The second-order valence-corrected chi connectivity index (χ2v) is 3.21. The molecule has 1 heterocycles. The van der Waals surface area contributed by atoms with Gasteiger partial charge in [0.2, 0.25) is 0 Å². The van der Waals surface area contributed by atoms with E-state index < -0.39 is 0 Å². The van der Waals surface area contributed by atoms with Crippen molar-refractivity contribution in [3.05, 3.63) is 41.0 Å². The highest BCUT2D eigenvalue weighted by molar-refractivity contribution is 6.32. The third-order valence-corrected chi connectivity index (χ3v) is 2.29. The second kappa shape index (κ2) is 3.32. The molecule has 66 valence electrons. The molecule has 3 heteroatoms. The summed E-state index contributed by atoms with van der Waals surface area (Å²) < 4.78 is 0. The molecule has 0 spiro atoms. The Balaban J connectivity index is 2.74. The maximum absolute atomic E-state index is 8.97. The zero-order valence-electron chi connectivity index (χ0n) is 6.87. The highest BCUT2D eigenvalue weighted by Gasteiger charge is 2.01. The van der Waals surface area contributed by atoms with Crippen LogP contribution in [0.5, 0.6) is 0 Å². The van der Waals surface area contributed by atoms with Crippen molar-refractivity contribution in [2.45, 2.75) is 6.61 Å². The van der Waals surface area contributed by atoms with Crippen LogP contribution >= 0.6 is 11.6 Å². The molecular weight excluding hydrogens is 186 g/mol. The minimum Gasteiger partial charge on any atom is -0.392 e. The number of hydrogen-bond acceptors (Lipinski definition) is 2. The van der Waals surface area contributed by atoms with Gasteiger partial charge in [-0.25, -0.2) is 0 Å². The van der Waals surface area contributed by atoms with Gasteiger partial charge in [-0.1, -0.05) is 17.7 Å². The molecule has 0 unspecified atom stereocenters. The zero-order chi connectivity index (χ0) is 9.26. The van der Waals surface area contributed by atoms with Crippen LogP contribution in [0.2, 0.25) is 5.02 Å². The van der Waals surface area contributed by atoms with Crippen LogP contribution in [-0.4, -0.2) is 10.1 Å². The summed E-state index contributed by atoms with van der Waals surface area (Å²) in [5.74, 6) is 0. The van der Waals surface area contributed by atoms with Gasteiger partial charge in [-0.3, -0.25) is 4.98 Å². The maximum atomic E-state index is 8.97. The van der Waals surface area contributed by atoms with Crippen molar-refractivity contribution in [2.75, 3.05) is 0 Å². The van der Waals surface area contributed by atoms with Crippen LogP contribution in [0.1, 0.15) is 5.56 Å². The Morgan fingerprint density at radius 1 is 1.38 bits per heavy atom. The maximum Gasteiger partial charge on any atom is 0.0716 e. The third-order valence-electron chi connectivity index (χ3n) is 1.94. The van der Waals surface area contributed by atoms with Crippen LogP contribution in [0.15, 0.2) is 30.5 Å². The number of aromatic nitrogens is 1. The number of benzene rings is 1. The number of rotatable bonds is 1. The van der Waals surface area contributed by atoms with Gasteiger partial charge in [-0.15, -0.1) is 0 Å². The Kier molecular flexibility index (Phi) is 2.17. The molecule has 0 aliphatic heterocycles. The molecule has 2 aromatic rings. The Morgan fingerprint density at radius 3 is 3.00 bits per heavy atom. The lowest BCUT2D eigenvalue weighted by atomic mass is 10.1. The van der Waals surface area contributed by atoms with Crippen molar-refractivity contribution in [3.8, 4) is 0 Å². The summed E-state index contributed by atoms with van der Waals surface area (Å²) in [6, 6.07) is 7.42. The van der Waals surface area contributed by atoms with Crippen LogP contribution in [-0.2, 0) is 6.61 Å². The molecule has 13 heavy (non-hydrogen) atoms. The van der Waals surface area contributed by atoms with Gasteiger partial charge in [-0.05, 0) is 23.8 Å². The van der Waals surface area contributed by atoms with E-state index in [0.717, 1.165) is 16.5 Å². The monoisotopic (exact) mass is 193 g/mol. The van der Waals surface area contributed by atoms with Gasteiger partial charge in [0.15, 0.2) is 0 Å². The molecule has 1 aromatic carbocycles. The predicted molar refractivity (Wildman–Crippen MR) is 52.7 cm³/mol. The molecule has 0 bridgehead atoms. The Bertz CT molecular complexity index is 442. The van der Waals surface area contributed by atoms with Crippen molar-refractivity contribution < 1.29 is 5.11 Å². The van der Waals surface area contributed by atoms with E-state index >= 15 is 0 Å². The number of halogens is 1. The van der Waals surface area contributed by atoms with Gasteiger partial charge < -0.3 is 5.11 Å². The van der Waals surface area contributed by atoms with E-state index in [-0.39, 0.29) is 6.61 Å². The Morgan fingerprint density at radius 2 is 2.23 bits per heavy atom.